The van der Waals surface area contributed by atoms with Gasteiger partial charge in [-0.25, -0.2) is 9.97 Å². The van der Waals surface area contributed by atoms with Crippen LogP contribution in [0.1, 0.15) is 24.2 Å². The second kappa shape index (κ2) is 3.83. The minimum absolute atomic E-state index is 0.852. The monoisotopic (exact) mass is 177 g/mol. The Kier molecular flexibility index (Phi) is 2.54. The number of nitrogens with zero attached hydrogens (tertiary/aromatic N) is 3. The van der Waals surface area contributed by atoms with Crippen LogP contribution in [0.3, 0.4) is 0 Å². The quantitative estimate of drug-likeness (QED) is 0.683. The van der Waals surface area contributed by atoms with E-state index in [0.717, 1.165) is 12.4 Å². The molecule has 1 aliphatic rings. The van der Waals surface area contributed by atoms with E-state index in [9.17, 15) is 0 Å². The van der Waals surface area contributed by atoms with Crippen LogP contribution in [0.5, 0.6) is 0 Å². The highest BCUT2D eigenvalue weighted by molar-refractivity contribution is 5.04. The van der Waals surface area contributed by atoms with Crippen LogP contribution in [0.15, 0.2) is 12.4 Å². The molecule has 0 aromatic carbocycles. The van der Waals surface area contributed by atoms with Crippen molar-refractivity contribution in [3.63, 3.8) is 0 Å². The van der Waals surface area contributed by atoms with Crippen LogP contribution in [0.25, 0.3) is 0 Å². The molecule has 0 atom stereocenters. The molecule has 1 aliphatic heterocycles. The second-order valence-electron chi connectivity index (χ2n) is 3.62. The largest absolute Gasteiger partial charge is 0.299 e. The molecule has 2 heterocycles. The van der Waals surface area contributed by atoms with Crippen LogP contribution in [0.4, 0.5) is 0 Å². The lowest BCUT2D eigenvalue weighted by Crippen LogP contribution is -2.18. The molecular weight excluding hydrogens is 162 g/mol. The normalized spacial score (nSPS) is 17.9. The Balaban J connectivity index is 1.97. The third-order valence-corrected chi connectivity index (χ3v) is 2.44. The number of hydrogen-bond acceptors (Lipinski definition) is 3. The van der Waals surface area contributed by atoms with Gasteiger partial charge in [0.25, 0.3) is 0 Å². The summed E-state index contributed by atoms with van der Waals surface area (Å²) >= 11 is 0. The van der Waals surface area contributed by atoms with Crippen molar-refractivity contribution in [2.45, 2.75) is 26.3 Å². The lowest BCUT2D eigenvalue weighted by molar-refractivity contribution is 0.330. The van der Waals surface area contributed by atoms with Gasteiger partial charge < -0.3 is 0 Å². The first kappa shape index (κ1) is 8.63. The van der Waals surface area contributed by atoms with Gasteiger partial charge in [-0.2, -0.15) is 0 Å². The van der Waals surface area contributed by atoms with E-state index in [1.165, 1.54) is 31.5 Å². The molecule has 3 nitrogen and oxygen atoms in total. The van der Waals surface area contributed by atoms with Crippen LogP contribution in [-0.2, 0) is 6.54 Å². The molecule has 0 N–H and O–H groups in total. The molecule has 0 amide bonds. The molecule has 70 valence electrons. The highest BCUT2D eigenvalue weighted by Crippen LogP contribution is 2.11. The zero-order valence-electron chi connectivity index (χ0n) is 8.03. The van der Waals surface area contributed by atoms with Gasteiger partial charge in [-0.1, -0.05) is 0 Å². The van der Waals surface area contributed by atoms with Crippen molar-refractivity contribution in [2.75, 3.05) is 13.1 Å². The highest BCUT2D eigenvalue weighted by atomic mass is 15.1. The van der Waals surface area contributed by atoms with Crippen molar-refractivity contribution < 1.29 is 0 Å². The summed E-state index contributed by atoms with van der Waals surface area (Å²) in [5, 5.41) is 0. The number of rotatable bonds is 2. The Hall–Kier alpha value is -0.960. The maximum absolute atomic E-state index is 4.18. The van der Waals surface area contributed by atoms with Crippen LogP contribution in [0.2, 0.25) is 0 Å². The van der Waals surface area contributed by atoms with E-state index in [2.05, 4.69) is 14.9 Å². The minimum Gasteiger partial charge on any atom is -0.299 e. The highest BCUT2D eigenvalue weighted by Gasteiger charge is 2.11. The molecule has 13 heavy (non-hydrogen) atoms. The van der Waals surface area contributed by atoms with Gasteiger partial charge in [-0.15, -0.1) is 0 Å². The predicted molar refractivity (Wildman–Crippen MR) is 51.3 cm³/mol. The van der Waals surface area contributed by atoms with E-state index in [-0.39, 0.29) is 0 Å². The smallest absolute Gasteiger partial charge is 0.125 e. The van der Waals surface area contributed by atoms with Crippen LogP contribution < -0.4 is 0 Å². The molecule has 0 aliphatic carbocycles. The Morgan fingerprint density at radius 2 is 1.85 bits per heavy atom. The first-order valence-corrected chi connectivity index (χ1v) is 4.84. The van der Waals surface area contributed by atoms with E-state index in [0.29, 0.717) is 0 Å². The fourth-order valence-electron chi connectivity index (χ4n) is 1.70. The zero-order valence-corrected chi connectivity index (χ0v) is 8.03. The van der Waals surface area contributed by atoms with Gasteiger partial charge in [0.15, 0.2) is 0 Å². The summed E-state index contributed by atoms with van der Waals surface area (Å²) in [5.41, 5.74) is 1.23. The molecule has 3 heteroatoms. The maximum Gasteiger partial charge on any atom is 0.125 e. The minimum atomic E-state index is 0.852. The molecule has 2 rings (SSSR count). The Morgan fingerprint density at radius 3 is 2.46 bits per heavy atom. The fourth-order valence-corrected chi connectivity index (χ4v) is 1.70. The van der Waals surface area contributed by atoms with Crippen molar-refractivity contribution in [3.05, 3.63) is 23.8 Å². The van der Waals surface area contributed by atoms with Crippen molar-refractivity contribution in [1.29, 1.82) is 0 Å². The third kappa shape index (κ3) is 2.25. The standard InChI is InChI=1S/C10H15N3/c1-9-11-6-10(7-12-9)8-13-4-2-3-5-13/h6-7H,2-5,8H2,1H3. The number of likely N-dealkylation sites (tertiary alicyclic amines) is 1. The Labute approximate surface area is 78.8 Å². The van der Waals surface area contributed by atoms with Gasteiger partial charge in [0.1, 0.15) is 5.82 Å². The van der Waals surface area contributed by atoms with E-state index in [1.54, 1.807) is 0 Å². The molecule has 1 saturated heterocycles. The number of aryl methyl sites for hydroxylation is 1. The summed E-state index contributed by atoms with van der Waals surface area (Å²) in [6.45, 7) is 5.39. The lowest BCUT2D eigenvalue weighted by atomic mass is 10.3. The topological polar surface area (TPSA) is 29.0 Å². The number of hydrogen-bond donors (Lipinski definition) is 0. The summed E-state index contributed by atoms with van der Waals surface area (Å²) in [4.78, 5) is 10.8. The molecule has 0 bridgehead atoms. The van der Waals surface area contributed by atoms with Gasteiger partial charge >= 0.3 is 0 Å². The van der Waals surface area contributed by atoms with E-state index in [1.807, 2.05) is 19.3 Å². The number of aromatic nitrogens is 2. The average Bonchev–Trinajstić information content (AvgIpc) is 2.62. The van der Waals surface area contributed by atoms with Crippen molar-refractivity contribution in [3.8, 4) is 0 Å². The maximum atomic E-state index is 4.18. The average molecular weight is 177 g/mol. The van der Waals surface area contributed by atoms with Gasteiger partial charge in [-0.05, 0) is 32.9 Å². The molecule has 0 saturated carbocycles. The Bertz CT molecular complexity index is 262. The predicted octanol–water partition coefficient (Wildman–Crippen LogP) is 1.38. The summed E-state index contributed by atoms with van der Waals surface area (Å²) in [7, 11) is 0. The molecule has 0 unspecified atom stereocenters. The van der Waals surface area contributed by atoms with Gasteiger partial charge in [-0.3, -0.25) is 4.90 Å². The van der Waals surface area contributed by atoms with Gasteiger partial charge in [0.05, 0.1) is 0 Å². The first-order valence-electron chi connectivity index (χ1n) is 4.84. The fraction of sp³-hybridized carbons (Fsp3) is 0.600. The summed E-state index contributed by atoms with van der Waals surface area (Å²) < 4.78 is 0. The summed E-state index contributed by atoms with van der Waals surface area (Å²) in [6.07, 6.45) is 6.54. The molecule has 1 aromatic rings. The summed E-state index contributed by atoms with van der Waals surface area (Å²) in [5.74, 6) is 0.852. The zero-order chi connectivity index (χ0) is 9.10. The molecule has 1 aromatic heterocycles. The van der Waals surface area contributed by atoms with Crippen molar-refractivity contribution >= 4 is 0 Å². The first-order chi connectivity index (χ1) is 6.34. The summed E-state index contributed by atoms with van der Waals surface area (Å²) in [6, 6.07) is 0. The second-order valence-corrected chi connectivity index (χ2v) is 3.62. The van der Waals surface area contributed by atoms with E-state index >= 15 is 0 Å². The van der Waals surface area contributed by atoms with Gasteiger partial charge in [0, 0.05) is 24.5 Å². The van der Waals surface area contributed by atoms with Crippen LogP contribution in [-0.4, -0.2) is 28.0 Å². The molecular formula is C10H15N3. The van der Waals surface area contributed by atoms with Crippen molar-refractivity contribution in [2.24, 2.45) is 0 Å². The molecule has 1 fully saturated rings. The molecule has 0 radical (unpaired) electrons. The Morgan fingerprint density at radius 1 is 1.23 bits per heavy atom. The van der Waals surface area contributed by atoms with E-state index < -0.39 is 0 Å². The van der Waals surface area contributed by atoms with E-state index in [4.69, 9.17) is 0 Å². The van der Waals surface area contributed by atoms with Crippen LogP contribution in [0, 0.1) is 6.92 Å². The third-order valence-electron chi connectivity index (χ3n) is 2.44. The van der Waals surface area contributed by atoms with Gasteiger partial charge in [0.2, 0.25) is 0 Å². The lowest BCUT2D eigenvalue weighted by Gasteiger charge is -2.13. The van der Waals surface area contributed by atoms with Crippen LogP contribution >= 0.6 is 0 Å². The van der Waals surface area contributed by atoms with Crippen molar-refractivity contribution in [1.82, 2.24) is 14.9 Å². The molecule has 0 spiro atoms. The SMILES string of the molecule is Cc1ncc(CN2CCCC2)cn1.